The minimum absolute atomic E-state index is 0.0232. The van der Waals surface area contributed by atoms with Crippen molar-refractivity contribution in [3.8, 4) is 0 Å². The van der Waals surface area contributed by atoms with Crippen molar-refractivity contribution < 1.29 is 24.2 Å². The van der Waals surface area contributed by atoms with Crippen molar-refractivity contribution in [1.82, 2.24) is 4.90 Å². The Labute approximate surface area is 127 Å². The lowest BCUT2D eigenvalue weighted by Gasteiger charge is -2.44. The van der Waals surface area contributed by atoms with E-state index in [1.807, 2.05) is 6.92 Å². The number of ether oxygens (including phenoxy) is 1. The van der Waals surface area contributed by atoms with E-state index in [2.05, 4.69) is 4.74 Å². The number of methoxy groups -OCH3 is 1. The van der Waals surface area contributed by atoms with Gasteiger partial charge >= 0.3 is 11.9 Å². The van der Waals surface area contributed by atoms with Crippen LogP contribution in [0.25, 0.3) is 0 Å². The summed E-state index contributed by atoms with van der Waals surface area (Å²) in [6, 6.07) is -0.738. The number of carbonyl (C=O) groups is 3. The number of nitrogens with zero attached hydrogens (tertiary/aromatic N) is 1. The highest BCUT2D eigenvalue weighted by molar-refractivity contribution is 7.99. The highest BCUT2D eigenvalue weighted by Crippen LogP contribution is 2.45. The second kappa shape index (κ2) is 6.51. The van der Waals surface area contributed by atoms with Gasteiger partial charge in [0, 0.05) is 17.4 Å². The van der Waals surface area contributed by atoms with Crippen LogP contribution in [-0.2, 0) is 19.1 Å². The molecule has 21 heavy (non-hydrogen) atoms. The Morgan fingerprint density at radius 3 is 2.81 bits per heavy atom. The molecule has 6 nitrogen and oxygen atoms in total. The lowest BCUT2D eigenvalue weighted by Crippen LogP contribution is -2.61. The number of aliphatic carboxylic acids is 1. The first kappa shape index (κ1) is 15.9. The molecule has 0 aliphatic carbocycles. The van der Waals surface area contributed by atoms with Crippen LogP contribution in [0.5, 0.6) is 0 Å². The number of hydrogen-bond acceptors (Lipinski definition) is 5. The van der Waals surface area contributed by atoms with Crippen molar-refractivity contribution in [2.45, 2.75) is 37.1 Å². The summed E-state index contributed by atoms with van der Waals surface area (Å²) >= 11 is 1.59. The van der Waals surface area contributed by atoms with Crippen molar-refractivity contribution in [2.75, 3.05) is 12.9 Å². The summed E-state index contributed by atoms with van der Waals surface area (Å²) in [6.07, 6.45) is 4.09. The number of esters is 1. The van der Waals surface area contributed by atoms with Crippen LogP contribution >= 0.6 is 11.8 Å². The predicted octanol–water partition coefficient (Wildman–Crippen LogP) is 0.911. The van der Waals surface area contributed by atoms with E-state index < -0.39 is 18.0 Å². The number of carbonyl (C=O) groups excluding carboxylic acids is 2. The van der Waals surface area contributed by atoms with Crippen LogP contribution in [-0.4, -0.2) is 58.0 Å². The zero-order chi connectivity index (χ0) is 15.6. The highest BCUT2D eigenvalue weighted by Gasteiger charge is 2.59. The predicted molar refractivity (Wildman–Crippen MR) is 77.9 cm³/mol. The van der Waals surface area contributed by atoms with Gasteiger partial charge in [0.15, 0.2) is 0 Å². The molecule has 4 atom stereocenters. The van der Waals surface area contributed by atoms with E-state index in [1.54, 1.807) is 17.8 Å². The van der Waals surface area contributed by atoms with E-state index in [0.29, 0.717) is 12.8 Å². The van der Waals surface area contributed by atoms with Crippen molar-refractivity contribution in [3.63, 3.8) is 0 Å². The number of hydrogen-bond donors (Lipinski definition) is 1. The fourth-order valence-electron chi connectivity index (χ4n) is 3.09. The summed E-state index contributed by atoms with van der Waals surface area (Å²) in [5.74, 6) is -0.889. The van der Waals surface area contributed by atoms with Gasteiger partial charge in [0.1, 0.15) is 6.04 Å². The molecule has 2 rings (SSSR count). The number of β-lactam (4-membered cyclic amide) rings is 1. The van der Waals surface area contributed by atoms with Gasteiger partial charge in [-0.25, -0.2) is 9.59 Å². The molecule has 0 aromatic rings. The third-order valence-electron chi connectivity index (χ3n) is 4.00. The molecule has 2 fully saturated rings. The van der Waals surface area contributed by atoms with Gasteiger partial charge in [0.2, 0.25) is 5.91 Å². The molecule has 0 bridgehead atoms. The molecule has 1 N–H and O–H groups in total. The number of amides is 1. The molecule has 2 heterocycles. The average Bonchev–Trinajstić information content (AvgIpc) is 2.79. The molecule has 2 aliphatic rings. The average molecular weight is 313 g/mol. The number of thioether (sulfide) groups is 1. The van der Waals surface area contributed by atoms with E-state index >= 15 is 0 Å². The first-order chi connectivity index (χ1) is 10.0. The van der Waals surface area contributed by atoms with E-state index in [1.165, 1.54) is 18.1 Å². The topological polar surface area (TPSA) is 83.9 Å². The highest BCUT2D eigenvalue weighted by atomic mass is 32.2. The van der Waals surface area contributed by atoms with Crippen LogP contribution in [0.15, 0.2) is 12.2 Å². The van der Waals surface area contributed by atoms with Crippen LogP contribution in [0.3, 0.4) is 0 Å². The minimum atomic E-state index is -0.930. The van der Waals surface area contributed by atoms with E-state index in [-0.39, 0.29) is 23.1 Å². The standard InChI is InChI=1S/C14H19NO5S/c1-3-21-10-7-9-8(5-4-6-11(16)20-2)13(17)15(9)12(10)14(18)19/h4,6,8-10,12H,3,5,7H2,1-2H3,(H,18,19)/b6-4+/t8?,9?,10-,12-/m1/s1. The third-order valence-corrected chi connectivity index (χ3v) is 5.21. The quantitative estimate of drug-likeness (QED) is 0.446. The fourth-order valence-corrected chi connectivity index (χ4v) is 4.28. The molecule has 0 saturated carbocycles. The van der Waals surface area contributed by atoms with Gasteiger partial charge in [-0.05, 0) is 18.6 Å². The van der Waals surface area contributed by atoms with E-state index in [0.717, 1.165) is 5.75 Å². The maximum atomic E-state index is 12.2. The first-order valence-corrected chi connectivity index (χ1v) is 7.97. The molecule has 0 radical (unpaired) electrons. The fraction of sp³-hybridized carbons (Fsp3) is 0.643. The Balaban J connectivity index is 2.02. The summed E-state index contributed by atoms with van der Waals surface area (Å²) in [4.78, 5) is 36.1. The van der Waals surface area contributed by atoms with Crippen LogP contribution in [0.4, 0.5) is 0 Å². The van der Waals surface area contributed by atoms with Crippen LogP contribution in [0, 0.1) is 5.92 Å². The van der Waals surface area contributed by atoms with Gasteiger partial charge in [-0.2, -0.15) is 11.8 Å². The number of fused-ring (bicyclic) bond motifs is 1. The molecule has 0 spiro atoms. The van der Waals surface area contributed by atoms with Gasteiger partial charge in [-0.3, -0.25) is 4.79 Å². The molecule has 0 aromatic carbocycles. The van der Waals surface area contributed by atoms with Crippen molar-refractivity contribution in [1.29, 1.82) is 0 Å². The van der Waals surface area contributed by atoms with Crippen LogP contribution in [0.1, 0.15) is 19.8 Å². The summed E-state index contributed by atoms with van der Waals surface area (Å²) in [5.41, 5.74) is 0. The van der Waals surface area contributed by atoms with E-state index in [9.17, 15) is 19.5 Å². The molecule has 7 heteroatoms. The van der Waals surface area contributed by atoms with Crippen molar-refractivity contribution in [3.05, 3.63) is 12.2 Å². The molecule has 1 amide bonds. The van der Waals surface area contributed by atoms with Gasteiger partial charge < -0.3 is 14.7 Å². The van der Waals surface area contributed by atoms with Crippen molar-refractivity contribution >= 4 is 29.6 Å². The van der Waals surface area contributed by atoms with Crippen molar-refractivity contribution in [2.24, 2.45) is 5.92 Å². The third kappa shape index (κ3) is 2.92. The zero-order valence-corrected chi connectivity index (χ0v) is 12.8. The number of allylic oxidation sites excluding steroid dienone is 1. The molecular weight excluding hydrogens is 294 g/mol. The Morgan fingerprint density at radius 2 is 2.24 bits per heavy atom. The molecule has 2 unspecified atom stereocenters. The van der Waals surface area contributed by atoms with Gasteiger partial charge in [0.05, 0.1) is 13.0 Å². The Kier molecular flexibility index (Phi) is 4.92. The summed E-state index contributed by atoms with van der Waals surface area (Å²) in [5, 5.41) is 9.29. The maximum absolute atomic E-state index is 12.2. The summed E-state index contributed by atoms with van der Waals surface area (Å²) in [6.45, 7) is 1.98. The Hall–Kier alpha value is -1.50. The summed E-state index contributed by atoms with van der Waals surface area (Å²) < 4.78 is 4.49. The van der Waals surface area contributed by atoms with Gasteiger partial charge in [-0.1, -0.05) is 13.0 Å². The SMILES string of the molecule is CCS[C@@H]1CC2C(C/C=C/C(=O)OC)C(=O)N2[C@H]1C(=O)O. The smallest absolute Gasteiger partial charge is 0.330 e. The van der Waals surface area contributed by atoms with Crippen LogP contribution < -0.4 is 0 Å². The monoisotopic (exact) mass is 313 g/mol. The normalized spacial score (nSPS) is 31.1. The molecule has 0 aromatic heterocycles. The molecule has 116 valence electrons. The molecule has 2 saturated heterocycles. The molecular formula is C14H19NO5S. The number of carboxylic acid groups (broad SMARTS) is 1. The Bertz CT molecular complexity index is 478. The van der Waals surface area contributed by atoms with Gasteiger partial charge in [0.25, 0.3) is 0 Å². The maximum Gasteiger partial charge on any atom is 0.330 e. The Morgan fingerprint density at radius 1 is 1.52 bits per heavy atom. The number of carboxylic acids is 1. The second-order valence-electron chi connectivity index (χ2n) is 5.09. The first-order valence-electron chi connectivity index (χ1n) is 6.92. The number of rotatable bonds is 6. The lowest BCUT2D eigenvalue weighted by molar-refractivity contribution is -0.163. The zero-order valence-electron chi connectivity index (χ0n) is 12.0. The largest absolute Gasteiger partial charge is 0.480 e. The van der Waals surface area contributed by atoms with E-state index in [4.69, 9.17) is 0 Å². The summed E-state index contributed by atoms with van der Waals surface area (Å²) in [7, 11) is 1.30. The second-order valence-corrected chi connectivity index (χ2v) is 6.61. The minimum Gasteiger partial charge on any atom is -0.480 e. The molecule has 2 aliphatic heterocycles. The van der Waals surface area contributed by atoms with Crippen LogP contribution in [0.2, 0.25) is 0 Å². The van der Waals surface area contributed by atoms with Gasteiger partial charge in [-0.15, -0.1) is 0 Å². The lowest BCUT2D eigenvalue weighted by atomic mass is 9.85.